The molecule has 4 rings (SSSR count). The van der Waals surface area contributed by atoms with Gasteiger partial charge in [-0.15, -0.1) is 0 Å². The Morgan fingerprint density at radius 3 is 2.58 bits per heavy atom. The lowest BCUT2D eigenvalue weighted by atomic mass is 9.92. The van der Waals surface area contributed by atoms with Crippen LogP contribution in [0.25, 0.3) is 10.9 Å². The van der Waals surface area contributed by atoms with Crippen molar-refractivity contribution >= 4 is 22.6 Å². The number of hydrogen-bond acceptors (Lipinski definition) is 5. The number of Topliss-reactive ketones (excluding diaryl/α,β-unsaturated/α-hetero) is 1. The second-order valence-corrected chi connectivity index (χ2v) is 10.9. The molecule has 1 N–H and O–H groups in total. The lowest BCUT2D eigenvalue weighted by molar-refractivity contribution is -0.115. The highest BCUT2D eigenvalue weighted by atomic mass is 16.2. The molecule has 0 spiro atoms. The summed E-state index contributed by atoms with van der Waals surface area (Å²) in [7, 11) is 6.32. The van der Waals surface area contributed by atoms with Gasteiger partial charge in [-0.3, -0.25) is 14.3 Å². The molecule has 1 aromatic heterocycles. The summed E-state index contributed by atoms with van der Waals surface area (Å²) >= 11 is 0. The molecule has 0 bridgehead atoms. The molecule has 7 heteroatoms. The summed E-state index contributed by atoms with van der Waals surface area (Å²) in [4.78, 5) is 30.6. The summed E-state index contributed by atoms with van der Waals surface area (Å²) in [5.41, 5.74) is 5.49. The highest BCUT2D eigenvalue weighted by Gasteiger charge is 2.23. The quantitative estimate of drug-likeness (QED) is 0.530. The summed E-state index contributed by atoms with van der Waals surface area (Å²) < 4.78 is 2.14. The Bertz CT molecular complexity index is 1180. The molecular formula is C29H41N5O2. The molecule has 0 atom stereocenters. The first-order valence-electron chi connectivity index (χ1n) is 13.2. The number of fused-ring (bicyclic) bond motifs is 1. The number of carbonyl (C=O) groups is 2. The monoisotopic (exact) mass is 491 g/mol. The van der Waals surface area contributed by atoms with Crippen molar-refractivity contribution in [2.75, 3.05) is 40.8 Å². The summed E-state index contributed by atoms with van der Waals surface area (Å²) in [5, 5.41) is 8.66. The van der Waals surface area contributed by atoms with Crippen LogP contribution >= 0.6 is 0 Å². The van der Waals surface area contributed by atoms with E-state index in [2.05, 4.69) is 47.0 Å². The lowest BCUT2D eigenvalue weighted by Gasteiger charge is -2.20. The number of allylic oxidation sites excluding steroid dienone is 3. The van der Waals surface area contributed by atoms with Crippen LogP contribution in [0.3, 0.4) is 0 Å². The SMILES string of the molecule is CC1=CC(C)=C(CNC(=O)c2cc(CN(C)CCCN(C)C)cc3c2cnn3C2CCCC2)C(=O)C1. The molecule has 1 saturated carbocycles. The molecule has 7 nitrogen and oxygen atoms in total. The Balaban J connectivity index is 1.60. The zero-order valence-electron chi connectivity index (χ0n) is 22.6. The molecule has 1 aromatic carbocycles. The Hall–Kier alpha value is -2.77. The molecule has 194 valence electrons. The van der Waals surface area contributed by atoms with Crippen LogP contribution in [0.15, 0.2) is 41.1 Å². The summed E-state index contributed by atoms with van der Waals surface area (Å²) in [6.07, 6.45) is 10.1. The standard InChI is InChI=1S/C29H41N5O2/c1-20-13-21(2)25(28(35)14-20)17-30-29(36)24-15-22(19-33(5)12-8-11-32(3)4)16-27-26(24)18-31-34(27)23-9-6-7-10-23/h13,15-16,18,23H,6-12,14,17,19H2,1-5H3,(H,30,36). The van der Waals surface area contributed by atoms with Gasteiger partial charge in [-0.2, -0.15) is 5.10 Å². The summed E-state index contributed by atoms with van der Waals surface area (Å²) in [6.45, 7) is 6.97. The van der Waals surface area contributed by atoms with Crippen molar-refractivity contribution in [3.05, 3.63) is 52.3 Å². The first-order chi connectivity index (χ1) is 17.2. The number of ketones is 1. The van der Waals surface area contributed by atoms with Gasteiger partial charge in [-0.25, -0.2) is 0 Å². The van der Waals surface area contributed by atoms with Crippen LogP contribution in [0.4, 0.5) is 0 Å². The number of nitrogens with one attached hydrogen (secondary N) is 1. The number of aromatic nitrogens is 2. The van der Waals surface area contributed by atoms with Crippen molar-refractivity contribution in [2.45, 2.75) is 65.0 Å². The first kappa shape index (κ1) is 26.3. The van der Waals surface area contributed by atoms with Gasteiger partial charge >= 0.3 is 0 Å². The van der Waals surface area contributed by atoms with Crippen molar-refractivity contribution in [2.24, 2.45) is 0 Å². The number of nitrogens with zero attached hydrogens (tertiary/aromatic N) is 4. The van der Waals surface area contributed by atoms with Gasteiger partial charge in [0, 0.05) is 30.5 Å². The molecule has 2 aliphatic carbocycles. The number of amides is 1. The van der Waals surface area contributed by atoms with Gasteiger partial charge in [0.2, 0.25) is 0 Å². The molecule has 1 heterocycles. The third-order valence-corrected chi connectivity index (χ3v) is 7.43. The van der Waals surface area contributed by atoms with E-state index in [1.807, 2.05) is 32.2 Å². The third kappa shape index (κ3) is 6.13. The smallest absolute Gasteiger partial charge is 0.252 e. The first-order valence-corrected chi connectivity index (χ1v) is 13.2. The molecular weight excluding hydrogens is 450 g/mol. The van der Waals surface area contributed by atoms with Crippen molar-refractivity contribution in [3.63, 3.8) is 0 Å². The topological polar surface area (TPSA) is 70.5 Å². The second-order valence-electron chi connectivity index (χ2n) is 10.9. The number of carbonyl (C=O) groups excluding carboxylic acids is 2. The lowest BCUT2D eigenvalue weighted by Crippen LogP contribution is -2.29. The predicted molar refractivity (Wildman–Crippen MR) is 145 cm³/mol. The van der Waals surface area contributed by atoms with Gasteiger partial charge in [-0.05, 0) is 90.6 Å². The zero-order valence-corrected chi connectivity index (χ0v) is 22.6. The minimum atomic E-state index is -0.151. The zero-order chi connectivity index (χ0) is 25.8. The maximum absolute atomic E-state index is 13.5. The van der Waals surface area contributed by atoms with Crippen LogP contribution in [-0.4, -0.2) is 72.0 Å². The molecule has 0 aliphatic heterocycles. The Morgan fingerprint density at radius 2 is 1.89 bits per heavy atom. The van der Waals surface area contributed by atoms with E-state index < -0.39 is 0 Å². The van der Waals surface area contributed by atoms with Crippen molar-refractivity contribution in [1.29, 1.82) is 0 Å². The van der Waals surface area contributed by atoms with E-state index in [1.54, 1.807) is 0 Å². The van der Waals surface area contributed by atoms with Gasteiger partial charge in [0.05, 0.1) is 23.3 Å². The highest BCUT2D eigenvalue weighted by Crippen LogP contribution is 2.33. The maximum atomic E-state index is 13.5. The highest BCUT2D eigenvalue weighted by molar-refractivity contribution is 6.07. The van der Waals surface area contributed by atoms with Gasteiger partial charge in [-0.1, -0.05) is 24.5 Å². The third-order valence-electron chi connectivity index (χ3n) is 7.43. The minimum Gasteiger partial charge on any atom is -0.348 e. The second kappa shape index (κ2) is 11.5. The summed E-state index contributed by atoms with van der Waals surface area (Å²) in [5.74, 6) is -0.0532. The van der Waals surface area contributed by atoms with Crippen molar-refractivity contribution in [1.82, 2.24) is 24.9 Å². The fourth-order valence-electron chi connectivity index (χ4n) is 5.56. The molecule has 2 aromatic rings. The van der Waals surface area contributed by atoms with E-state index in [0.29, 0.717) is 23.6 Å². The van der Waals surface area contributed by atoms with Gasteiger partial charge < -0.3 is 15.1 Å². The molecule has 0 radical (unpaired) electrons. The van der Waals surface area contributed by atoms with E-state index in [4.69, 9.17) is 5.10 Å². The van der Waals surface area contributed by atoms with E-state index in [1.165, 1.54) is 12.8 Å². The van der Waals surface area contributed by atoms with Gasteiger partial charge in [0.1, 0.15) is 0 Å². The predicted octanol–water partition coefficient (Wildman–Crippen LogP) is 4.50. The number of rotatable bonds is 10. The van der Waals surface area contributed by atoms with E-state index in [-0.39, 0.29) is 18.2 Å². The van der Waals surface area contributed by atoms with Crippen LogP contribution in [0.1, 0.15) is 74.3 Å². The fraction of sp³-hybridized carbons (Fsp3) is 0.552. The maximum Gasteiger partial charge on any atom is 0.252 e. The minimum absolute atomic E-state index is 0.0973. The average molecular weight is 492 g/mol. The average Bonchev–Trinajstić information content (AvgIpc) is 3.47. The molecule has 1 fully saturated rings. The Labute approximate surface area is 215 Å². The summed E-state index contributed by atoms with van der Waals surface area (Å²) in [6, 6.07) is 4.62. The largest absolute Gasteiger partial charge is 0.348 e. The molecule has 36 heavy (non-hydrogen) atoms. The van der Waals surface area contributed by atoms with Crippen molar-refractivity contribution < 1.29 is 9.59 Å². The molecule has 1 amide bonds. The van der Waals surface area contributed by atoms with Crippen molar-refractivity contribution in [3.8, 4) is 0 Å². The van der Waals surface area contributed by atoms with Crippen LogP contribution in [0.5, 0.6) is 0 Å². The Kier molecular flexibility index (Phi) is 8.42. The number of hydrogen-bond donors (Lipinski definition) is 1. The van der Waals surface area contributed by atoms with E-state index >= 15 is 0 Å². The fourth-order valence-corrected chi connectivity index (χ4v) is 5.56. The Morgan fingerprint density at radius 1 is 1.14 bits per heavy atom. The van der Waals surface area contributed by atoms with E-state index in [9.17, 15) is 9.59 Å². The van der Waals surface area contributed by atoms with Crippen LogP contribution in [-0.2, 0) is 11.3 Å². The van der Waals surface area contributed by atoms with Gasteiger partial charge in [0.15, 0.2) is 5.78 Å². The van der Waals surface area contributed by atoms with Crippen LogP contribution < -0.4 is 5.32 Å². The van der Waals surface area contributed by atoms with Crippen LogP contribution in [0, 0.1) is 0 Å². The molecule has 0 unspecified atom stereocenters. The van der Waals surface area contributed by atoms with E-state index in [0.717, 1.165) is 66.5 Å². The number of benzene rings is 1. The molecule has 0 saturated heterocycles. The van der Waals surface area contributed by atoms with Gasteiger partial charge in [0.25, 0.3) is 5.91 Å². The van der Waals surface area contributed by atoms with Crippen LogP contribution in [0.2, 0.25) is 0 Å². The normalized spacial score (nSPS) is 17.1. The molecule has 2 aliphatic rings.